The Hall–Kier alpha value is -2.89. The fraction of sp³-hybridized carbons (Fsp3) is 0.364. The van der Waals surface area contributed by atoms with Crippen molar-refractivity contribution in [3.63, 3.8) is 0 Å². The zero-order chi connectivity index (χ0) is 21.6. The Kier molecular flexibility index (Phi) is 7.08. The minimum atomic E-state index is -3.76. The number of hydrogen-bond donors (Lipinski definition) is 1. The molecule has 0 aliphatic carbocycles. The number of nitrogens with zero attached hydrogens (tertiary/aromatic N) is 2. The third kappa shape index (κ3) is 5.38. The van der Waals surface area contributed by atoms with E-state index < -0.39 is 10.0 Å². The van der Waals surface area contributed by atoms with Gasteiger partial charge in [0.1, 0.15) is 0 Å². The maximum Gasteiger partial charge on any atom is 0.261 e. The van der Waals surface area contributed by atoms with Crippen LogP contribution in [0.1, 0.15) is 35.2 Å². The minimum Gasteiger partial charge on any atom is -0.381 e. The largest absolute Gasteiger partial charge is 0.381 e. The molecule has 1 heterocycles. The van der Waals surface area contributed by atoms with E-state index in [0.717, 1.165) is 18.4 Å². The van der Waals surface area contributed by atoms with E-state index in [2.05, 4.69) is 10.8 Å². The molecule has 0 radical (unpaired) electrons. The number of hydrogen-bond acceptors (Lipinski definition) is 5. The summed E-state index contributed by atoms with van der Waals surface area (Å²) in [5, 5.41) is 8.94. The molecule has 1 aliphatic heterocycles. The van der Waals surface area contributed by atoms with E-state index in [1.54, 1.807) is 17.0 Å². The Balaban J connectivity index is 1.76. The first-order valence-corrected chi connectivity index (χ1v) is 11.3. The molecule has 8 heteroatoms. The van der Waals surface area contributed by atoms with Crippen molar-refractivity contribution in [2.75, 3.05) is 24.5 Å². The summed E-state index contributed by atoms with van der Waals surface area (Å²) in [5.41, 5.74) is 1.91. The lowest BCUT2D eigenvalue weighted by Crippen LogP contribution is -2.44. The van der Waals surface area contributed by atoms with Gasteiger partial charge in [-0.05, 0) is 56.2 Å². The van der Waals surface area contributed by atoms with Gasteiger partial charge in [-0.25, -0.2) is 8.42 Å². The predicted molar refractivity (Wildman–Crippen MR) is 114 cm³/mol. The SMILES string of the molecule is Cc1ccc(NS(=O)(=O)c2ccc(C(=O)N(CCC#N)C3CCOCC3)cc2)cc1. The molecule has 0 unspecified atom stereocenters. The summed E-state index contributed by atoms with van der Waals surface area (Å²) in [6, 6.07) is 15.0. The predicted octanol–water partition coefficient (Wildman–Crippen LogP) is 3.33. The zero-order valence-electron chi connectivity index (χ0n) is 16.9. The molecule has 3 rings (SSSR count). The molecule has 7 nitrogen and oxygen atoms in total. The number of anilines is 1. The summed E-state index contributed by atoms with van der Waals surface area (Å²) < 4.78 is 33.2. The van der Waals surface area contributed by atoms with Crippen molar-refractivity contribution in [1.82, 2.24) is 4.90 Å². The van der Waals surface area contributed by atoms with E-state index in [4.69, 9.17) is 10.00 Å². The monoisotopic (exact) mass is 427 g/mol. The minimum absolute atomic E-state index is 0.0196. The van der Waals surface area contributed by atoms with Crippen molar-refractivity contribution >= 4 is 21.6 Å². The Morgan fingerprint density at radius 2 is 1.77 bits per heavy atom. The van der Waals surface area contributed by atoms with Gasteiger partial charge in [-0.1, -0.05) is 17.7 Å². The van der Waals surface area contributed by atoms with E-state index >= 15 is 0 Å². The van der Waals surface area contributed by atoms with Gasteiger partial charge in [-0.3, -0.25) is 9.52 Å². The smallest absolute Gasteiger partial charge is 0.261 e. The summed E-state index contributed by atoms with van der Waals surface area (Å²) in [7, 11) is -3.76. The highest BCUT2D eigenvalue weighted by Gasteiger charge is 2.26. The Morgan fingerprint density at radius 1 is 1.13 bits per heavy atom. The lowest BCUT2D eigenvalue weighted by atomic mass is 10.0. The second-order valence-corrected chi connectivity index (χ2v) is 8.93. The van der Waals surface area contributed by atoms with Gasteiger partial charge >= 0.3 is 0 Å². The first kappa shape index (κ1) is 21.8. The third-order valence-electron chi connectivity index (χ3n) is 5.07. The van der Waals surface area contributed by atoms with Gasteiger partial charge in [0, 0.05) is 37.1 Å². The molecule has 0 aromatic heterocycles. The van der Waals surface area contributed by atoms with E-state index in [1.165, 1.54) is 24.3 Å². The van der Waals surface area contributed by atoms with Crippen molar-refractivity contribution in [1.29, 1.82) is 5.26 Å². The Bertz CT molecular complexity index is 1010. The van der Waals surface area contributed by atoms with Gasteiger partial charge in [0.25, 0.3) is 15.9 Å². The maximum absolute atomic E-state index is 13.0. The number of nitriles is 1. The third-order valence-corrected chi connectivity index (χ3v) is 6.47. The molecule has 2 aromatic rings. The summed E-state index contributed by atoms with van der Waals surface area (Å²) in [5.74, 6) is -0.201. The van der Waals surface area contributed by atoms with Crippen LogP contribution in [0.2, 0.25) is 0 Å². The first-order valence-electron chi connectivity index (χ1n) is 9.86. The number of ether oxygens (including phenoxy) is 1. The summed E-state index contributed by atoms with van der Waals surface area (Å²) in [6.45, 7) is 3.44. The van der Waals surface area contributed by atoms with E-state index in [0.29, 0.717) is 31.0 Å². The second-order valence-electron chi connectivity index (χ2n) is 7.25. The van der Waals surface area contributed by atoms with E-state index in [9.17, 15) is 13.2 Å². The quantitative estimate of drug-likeness (QED) is 0.731. The highest BCUT2D eigenvalue weighted by Crippen LogP contribution is 2.21. The average molecular weight is 428 g/mol. The van der Waals surface area contributed by atoms with Gasteiger partial charge < -0.3 is 9.64 Å². The van der Waals surface area contributed by atoms with E-state index in [-0.39, 0.29) is 23.3 Å². The van der Waals surface area contributed by atoms with Crippen LogP contribution >= 0.6 is 0 Å². The molecule has 1 amide bonds. The van der Waals surface area contributed by atoms with Crippen LogP contribution in [0.15, 0.2) is 53.4 Å². The summed E-state index contributed by atoms with van der Waals surface area (Å²) in [6.07, 6.45) is 1.70. The van der Waals surface area contributed by atoms with Crippen LogP contribution in [-0.4, -0.2) is 45.0 Å². The molecular formula is C22H25N3O4S. The van der Waals surface area contributed by atoms with Crippen LogP contribution in [0.4, 0.5) is 5.69 Å². The highest BCUT2D eigenvalue weighted by atomic mass is 32.2. The van der Waals surface area contributed by atoms with Gasteiger partial charge in [-0.2, -0.15) is 5.26 Å². The molecule has 0 bridgehead atoms. The lowest BCUT2D eigenvalue weighted by Gasteiger charge is -2.34. The van der Waals surface area contributed by atoms with Crippen LogP contribution in [-0.2, 0) is 14.8 Å². The maximum atomic E-state index is 13.0. The van der Waals surface area contributed by atoms with Crippen LogP contribution in [0.3, 0.4) is 0 Å². The van der Waals surface area contributed by atoms with Gasteiger partial charge in [0.05, 0.1) is 17.4 Å². The molecule has 30 heavy (non-hydrogen) atoms. The second kappa shape index (κ2) is 9.74. The Morgan fingerprint density at radius 3 is 2.37 bits per heavy atom. The number of aryl methyl sites for hydroxylation is 1. The molecule has 0 atom stereocenters. The average Bonchev–Trinajstić information content (AvgIpc) is 2.76. The molecule has 1 saturated heterocycles. The molecular weight excluding hydrogens is 402 g/mol. The molecule has 1 N–H and O–H groups in total. The lowest BCUT2D eigenvalue weighted by molar-refractivity contribution is 0.0296. The number of carbonyl (C=O) groups is 1. The van der Waals surface area contributed by atoms with E-state index in [1.807, 2.05) is 19.1 Å². The normalized spacial score (nSPS) is 14.7. The van der Waals surface area contributed by atoms with Gasteiger partial charge in [-0.15, -0.1) is 0 Å². The van der Waals surface area contributed by atoms with Crippen molar-refractivity contribution in [2.24, 2.45) is 0 Å². The molecule has 1 fully saturated rings. The van der Waals surface area contributed by atoms with Crippen LogP contribution in [0, 0.1) is 18.3 Å². The number of sulfonamides is 1. The zero-order valence-corrected chi connectivity index (χ0v) is 17.7. The van der Waals surface area contributed by atoms with Crippen molar-refractivity contribution in [3.05, 3.63) is 59.7 Å². The Labute approximate surface area is 177 Å². The van der Waals surface area contributed by atoms with Crippen LogP contribution < -0.4 is 4.72 Å². The van der Waals surface area contributed by atoms with Crippen LogP contribution in [0.5, 0.6) is 0 Å². The number of benzene rings is 2. The molecule has 158 valence electrons. The number of nitrogens with one attached hydrogen (secondary N) is 1. The number of amides is 1. The van der Waals surface area contributed by atoms with Crippen molar-refractivity contribution < 1.29 is 17.9 Å². The molecule has 1 aliphatic rings. The fourth-order valence-corrected chi connectivity index (χ4v) is 4.45. The van der Waals surface area contributed by atoms with Gasteiger partial charge in [0.15, 0.2) is 0 Å². The van der Waals surface area contributed by atoms with Crippen molar-refractivity contribution in [2.45, 2.75) is 37.1 Å². The number of rotatable bonds is 7. The first-order chi connectivity index (χ1) is 14.4. The standard InChI is InChI=1S/C22H25N3O4S/c1-17-3-7-19(8-4-17)24-30(27,28)21-9-5-18(6-10-21)22(26)25(14-2-13-23)20-11-15-29-16-12-20/h3-10,20,24H,2,11-12,14-16H2,1H3. The molecule has 0 saturated carbocycles. The van der Waals surface area contributed by atoms with Crippen molar-refractivity contribution in [3.8, 4) is 6.07 Å². The molecule has 2 aromatic carbocycles. The summed E-state index contributed by atoms with van der Waals surface area (Å²) >= 11 is 0. The fourth-order valence-electron chi connectivity index (χ4n) is 3.40. The topological polar surface area (TPSA) is 99.5 Å². The van der Waals surface area contributed by atoms with Crippen LogP contribution in [0.25, 0.3) is 0 Å². The number of carbonyl (C=O) groups excluding carboxylic acids is 1. The molecule has 0 spiro atoms. The summed E-state index contributed by atoms with van der Waals surface area (Å²) in [4.78, 5) is 14.8. The highest BCUT2D eigenvalue weighted by molar-refractivity contribution is 7.92. The van der Waals surface area contributed by atoms with Gasteiger partial charge in [0.2, 0.25) is 0 Å².